The first-order valence-electron chi connectivity index (χ1n) is 8.42. The molecule has 1 unspecified atom stereocenters. The molecule has 0 radical (unpaired) electrons. The molecule has 0 aliphatic carbocycles. The molecule has 24 heavy (non-hydrogen) atoms. The highest BCUT2D eigenvalue weighted by molar-refractivity contribution is 7.10. The lowest BCUT2D eigenvalue weighted by Crippen LogP contribution is -2.45. The van der Waals surface area contributed by atoms with Crippen molar-refractivity contribution in [2.75, 3.05) is 13.6 Å². The minimum absolute atomic E-state index is 0.0644. The van der Waals surface area contributed by atoms with Crippen LogP contribution in [0.1, 0.15) is 49.3 Å². The zero-order valence-electron chi connectivity index (χ0n) is 14.8. The van der Waals surface area contributed by atoms with Gasteiger partial charge in [-0.2, -0.15) is 5.10 Å². The van der Waals surface area contributed by atoms with Crippen LogP contribution in [0.5, 0.6) is 0 Å². The van der Waals surface area contributed by atoms with Crippen LogP contribution in [0.25, 0.3) is 0 Å². The second kappa shape index (κ2) is 6.93. The SMILES string of the molecule is CN=C(NCC(C)(C)c1cccs1)NC1CCCn2nc(C)nc21. The van der Waals surface area contributed by atoms with Crippen LogP contribution in [0, 0.1) is 6.92 Å². The minimum atomic E-state index is 0.0644. The molecule has 0 amide bonds. The summed E-state index contributed by atoms with van der Waals surface area (Å²) in [6.45, 7) is 8.22. The number of rotatable bonds is 4. The van der Waals surface area contributed by atoms with Crippen LogP contribution in [-0.4, -0.2) is 34.3 Å². The third kappa shape index (κ3) is 3.61. The van der Waals surface area contributed by atoms with Crippen molar-refractivity contribution in [3.63, 3.8) is 0 Å². The fourth-order valence-corrected chi connectivity index (χ4v) is 3.87. The Hall–Kier alpha value is -1.89. The lowest BCUT2D eigenvalue weighted by molar-refractivity contribution is 0.396. The topological polar surface area (TPSA) is 67.1 Å². The van der Waals surface area contributed by atoms with Crippen LogP contribution in [0.3, 0.4) is 0 Å². The maximum Gasteiger partial charge on any atom is 0.191 e. The Morgan fingerprint density at radius 3 is 3.04 bits per heavy atom. The first-order chi connectivity index (χ1) is 11.5. The van der Waals surface area contributed by atoms with Crippen LogP contribution in [0.4, 0.5) is 0 Å². The summed E-state index contributed by atoms with van der Waals surface area (Å²) in [5.41, 5.74) is 0.0644. The molecule has 2 N–H and O–H groups in total. The van der Waals surface area contributed by atoms with Crippen molar-refractivity contribution in [3.8, 4) is 0 Å². The highest BCUT2D eigenvalue weighted by Crippen LogP contribution is 2.27. The van der Waals surface area contributed by atoms with Gasteiger partial charge in [0.2, 0.25) is 0 Å². The van der Waals surface area contributed by atoms with Gasteiger partial charge in [0.1, 0.15) is 11.6 Å². The van der Waals surface area contributed by atoms with Crippen molar-refractivity contribution in [2.24, 2.45) is 4.99 Å². The largest absolute Gasteiger partial charge is 0.355 e. The van der Waals surface area contributed by atoms with Crippen molar-refractivity contribution >= 4 is 17.3 Å². The Balaban J connectivity index is 1.64. The average Bonchev–Trinajstić information content (AvgIpc) is 3.20. The lowest BCUT2D eigenvalue weighted by atomic mass is 9.91. The van der Waals surface area contributed by atoms with Gasteiger partial charge in [0.15, 0.2) is 5.96 Å². The second-order valence-electron chi connectivity index (χ2n) is 6.87. The number of thiophene rings is 1. The normalized spacial score (nSPS) is 18.3. The summed E-state index contributed by atoms with van der Waals surface area (Å²) in [6, 6.07) is 4.46. The van der Waals surface area contributed by atoms with Crippen LogP contribution in [-0.2, 0) is 12.0 Å². The number of nitrogens with one attached hydrogen (secondary N) is 2. The van der Waals surface area contributed by atoms with Gasteiger partial charge in [-0.25, -0.2) is 9.67 Å². The van der Waals surface area contributed by atoms with Gasteiger partial charge in [0.25, 0.3) is 0 Å². The summed E-state index contributed by atoms with van der Waals surface area (Å²) in [4.78, 5) is 10.3. The van der Waals surface area contributed by atoms with Crippen LogP contribution < -0.4 is 10.6 Å². The van der Waals surface area contributed by atoms with E-state index in [0.717, 1.165) is 43.5 Å². The average molecular weight is 347 g/mol. The van der Waals surface area contributed by atoms with Crippen molar-refractivity contribution in [1.29, 1.82) is 0 Å². The van der Waals surface area contributed by atoms with Crippen LogP contribution >= 0.6 is 11.3 Å². The van der Waals surface area contributed by atoms with E-state index >= 15 is 0 Å². The molecule has 2 aromatic heterocycles. The number of aliphatic imine (C=N–C) groups is 1. The predicted molar refractivity (Wildman–Crippen MR) is 98.6 cm³/mol. The van der Waals surface area contributed by atoms with Crippen molar-refractivity contribution < 1.29 is 0 Å². The highest BCUT2D eigenvalue weighted by Gasteiger charge is 2.26. The Morgan fingerprint density at radius 2 is 2.33 bits per heavy atom. The summed E-state index contributed by atoms with van der Waals surface area (Å²) in [7, 11) is 1.81. The van der Waals surface area contributed by atoms with Gasteiger partial charge in [0, 0.05) is 30.4 Å². The molecule has 1 aliphatic heterocycles. The third-order valence-corrected chi connectivity index (χ3v) is 5.64. The van der Waals surface area contributed by atoms with E-state index in [1.807, 2.05) is 18.7 Å². The van der Waals surface area contributed by atoms with Crippen molar-refractivity contribution in [2.45, 2.75) is 51.6 Å². The van der Waals surface area contributed by atoms with Gasteiger partial charge in [0.05, 0.1) is 6.04 Å². The smallest absolute Gasteiger partial charge is 0.191 e. The lowest BCUT2D eigenvalue weighted by Gasteiger charge is -2.28. The number of hydrogen-bond donors (Lipinski definition) is 2. The monoisotopic (exact) mass is 346 g/mol. The van der Waals surface area contributed by atoms with E-state index in [4.69, 9.17) is 0 Å². The van der Waals surface area contributed by atoms with E-state index in [1.165, 1.54) is 4.88 Å². The first-order valence-corrected chi connectivity index (χ1v) is 9.30. The summed E-state index contributed by atoms with van der Waals surface area (Å²) in [6.07, 6.45) is 2.15. The number of aryl methyl sites for hydroxylation is 2. The van der Waals surface area contributed by atoms with E-state index in [9.17, 15) is 0 Å². The van der Waals surface area contributed by atoms with Gasteiger partial charge in [-0.05, 0) is 31.2 Å². The molecule has 0 saturated carbocycles. The zero-order chi connectivity index (χ0) is 17.2. The van der Waals surface area contributed by atoms with Gasteiger partial charge < -0.3 is 10.6 Å². The van der Waals surface area contributed by atoms with Gasteiger partial charge in [-0.3, -0.25) is 4.99 Å². The number of nitrogens with zero attached hydrogens (tertiary/aromatic N) is 4. The highest BCUT2D eigenvalue weighted by atomic mass is 32.1. The van der Waals surface area contributed by atoms with Crippen LogP contribution in [0.15, 0.2) is 22.5 Å². The molecule has 0 bridgehead atoms. The quantitative estimate of drug-likeness (QED) is 0.660. The summed E-state index contributed by atoms with van der Waals surface area (Å²) in [5.74, 6) is 2.67. The number of guanidine groups is 1. The molecule has 0 saturated heterocycles. The van der Waals surface area contributed by atoms with Gasteiger partial charge in [-0.1, -0.05) is 19.9 Å². The Labute approximate surface area is 147 Å². The molecule has 1 atom stereocenters. The number of fused-ring (bicyclic) bond motifs is 1. The van der Waals surface area contributed by atoms with Gasteiger partial charge >= 0.3 is 0 Å². The van der Waals surface area contributed by atoms with Crippen molar-refractivity contribution in [3.05, 3.63) is 34.0 Å². The molecule has 0 spiro atoms. The molecule has 7 heteroatoms. The Kier molecular flexibility index (Phi) is 4.89. The summed E-state index contributed by atoms with van der Waals surface area (Å²) in [5, 5.41) is 13.6. The van der Waals surface area contributed by atoms with E-state index < -0.39 is 0 Å². The molecule has 0 fully saturated rings. The predicted octanol–water partition coefficient (Wildman–Crippen LogP) is 2.63. The molecule has 1 aliphatic rings. The molecule has 6 nitrogen and oxygen atoms in total. The molecular weight excluding hydrogens is 320 g/mol. The molecule has 3 heterocycles. The Morgan fingerprint density at radius 1 is 1.50 bits per heavy atom. The van der Waals surface area contributed by atoms with Crippen molar-refractivity contribution in [1.82, 2.24) is 25.4 Å². The van der Waals surface area contributed by atoms with E-state index in [2.05, 4.69) is 57.1 Å². The van der Waals surface area contributed by atoms with E-state index in [1.54, 1.807) is 11.3 Å². The van der Waals surface area contributed by atoms with Crippen LogP contribution in [0.2, 0.25) is 0 Å². The molecule has 2 aromatic rings. The summed E-state index contributed by atoms with van der Waals surface area (Å²) >= 11 is 1.80. The second-order valence-corrected chi connectivity index (χ2v) is 7.81. The molecule has 0 aromatic carbocycles. The van der Waals surface area contributed by atoms with E-state index in [-0.39, 0.29) is 11.5 Å². The number of aromatic nitrogens is 3. The van der Waals surface area contributed by atoms with E-state index in [0.29, 0.717) is 0 Å². The maximum absolute atomic E-state index is 4.58. The zero-order valence-corrected chi connectivity index (χ0v) is 15.7. The molecule has 3 rings (SSSR count). The first kappa shape index (κ1) is 17.0. The minimum Gasteiger partial charge on any atom is -0.355 e. The molecule has 130 valence electrons. The summed E-state index contributed by atoms with van der Waals surface area (Å²) < 4.78 is 2.01. The van der Waals surface area contributed by atoms with Gasteiger partial charge in [-0.15, -0.1) is 11.3 Å². The third-order valence-electron chi connectivity index (χ3n) is 4.40. The molecular formula is C17H26N6S. The Bertz CT molecular complexity index is 701. The fraction of sp³-hybridized carbons (Fsp3) is 0.588. The standard InChI is InChI=1S/C17H26N6S/c1-12-20-15-13(7-5-9-23(15)22-12)21-16(18-4)19-11-17(2,3)14-8-6-10-24-14/h6,8,10,13H,5,7,9,11H2,1-4H3,(H2,18,19,21). The fourth-order valence-electron chi connectivity index (χ4n) is 3.02. The maximum atomic E-state index is 4.58. The number of hydrogen-bond acceptors (Lipinski definition) is 4.